The van der Waals surface area contributed by atoms with Crippen molar-refractivity contribution in [1.29, 1.82) is 0 Å². The van der Waals surface area contributed by atoms with Crippen LogP contribution in [0.5, 0.6) is 6.01 Å². The van der Waals surface area contributed by atoms with Crippen molar-refractivity contribution in [2.24, 2.45) is 0 Å². The van der Waals surface area contributed by atoms with Gasteiger partial charge in [0.15, 0.2) is 0 Å². The van der Waals surface area contributed by atoms with Crippen LogP contribution in [0.25, 0.3) is 0 Å². The molecule has 22 heavy (non-hydrogen) atoms. The number of nitrogens with zero attached hydrogens (tertiary/aromatic N) is 3. The van der Waals surface area contributed by atoms with Gasteiger partial charge in [0.1, 0.15) is 6.10 Å². The standard InChI is InChI=1S/C16H16ClN3O2/c17-14-5-2-1-4-12(14)10-15(21)20-9-6-13(11-20)22-16-18-7-3-8-19-16/h1-5,7-8,13H,6,9-11H2/t13-/m0/s1. The summed E-state index contributed by atoms with van der Waals surface area (Å²) in [5, 5.41) is 0.625. The zero-order valence-electron chi connectivity index (χ0n) is 12.0. The number of rotatable bonds is 4. The number of likely N-dealkylation sites (tertiary alicyclic amines) is 1. The average molecular weight is 318 g/mol. The van der Waals surface area contributed by atoms with Gasteiger partial charge in [0.2, 0.25) is 5.91 Å². The second-order valence-corrected chi connectivity index (χ2v) is 5.58. The zero-order chi connectivity index (χ0) is 15.4. The van der Waals surface area contributed by atoms with Crippen LogP contribution in [-0.2, 0) is 11.2 Å². The molecule has 1 fully saturated rings. The summed E-state index contributed by atoms with van der Waals surface area (Å²) in [6.45, 7) is 1.24. The Labute approximate surface area is 133 Å². The van der Waals surface area contributed by atoms with E-state index in [1.54, 1.807) is 29.4 Å². The van der Waals surface area contributed by atoms with Crippen molar-refractivity contribution < 1.29 is 9.53 Å². The molecule has 0 unspecified atom stereocenters. The Bertz CT molecular complexity index is 651. The number of ether oxygens (including phenoxy) is 1. The van der Waals surface area contributed by atoms with Crippen molar-refractivity contribution >= 4 is 17.5 Å². The minimum absolute atomic E-state index is 0.0578. The lowest BCUT2D eigenvalue weighted by molar-refractivity contribution is -0.129. The first-order valence-electron chi connectivity index (χ1n) is 7.17. The predicted octanol–water partition coefficient (Wildman–Crippen LogP) is 2.35. The fourth-order valence-corrected chi connectivity index (χ4v) is 2.67. The Morgan fingerprint density at radius 2 is 2.05 bits per heavy atom. The van der Waals surface area contributed by atoms with Crippen LogP contribution in [0.4, 0.5) is 0 Å². The maximum Gasteiger partial charge on any atom is 0.316 e. The minimum atomic E-state index is -0.0578. The molecule has 1 atom stereocenters. The molecule has 1 aromatic carbocycles. The van der Waals surface area contributed by atoms with Crippen LogP contribution < -0.4 is 4.74 Å². The summed E-state index contributed by atoms with van der Waals surface area (Å²) in [5.74, 6) is 0.0631. The normalized spacial score (nSPS) is 17.5. The van der Waals surface area contributed by atoms with Gasteiger partial charge < -0.3 is 9.64 Å². The van der Waals surface area contributed by atoms with Crippen LogP contribution >= 0.6 is 11.6 Å². The fourth-order valence-electron chi connectivity index (χ4n) is 2.46. The SMILES string of the molecule is O=C(Cc1ccccc1Cl)N1CC[C@H](Oc2ncccn2)C1. The first-order valence-corrected chi connectivity index (χ1v) is 7.55. The summed E-state index contributed by atoms with van der Waals surface area (Å²) >= 11 is 6.10. The molecule has 0 bridgehead atoms. The number of halogens is 1. The number of hydrogen-bond donors (Lipinski definition) is 0. The number of hydrogen-bond acceptors (Lipinski definition) is 4. The maximum absolute atomic E-state index is 12.3. The van der Waals surface area contributed by atoms with E-state index < -0.39 is 0 Å². The second kappa shape index (κ2) is 6.75. The summed E-state index contributed by atoms with van der Waals surface area (Å²) in [6.07, 6.45) is 4.31. The molecule has 0 aliphatic carbocycles. The third-order valence-corrected chi connectivity index (χ3v) is 3.98. The summed E-state index contributed by atoms with van der Waals surface area (Å²) < 4.78 is 5.69. The largest absolute Gasteiger partial charge is 0.458 e. The van der Waals surface area contributed by atoms with E-state index in [4.69, 9.17) is 16.3 Å². The molecule has 0 spiro atoms. The minimum Gasteiger partial charge on any atom is -0.458 e. The molecule has 1 saturated heterocycles. The fraction of sp³-hybridized carbons (Fsp3) is 0.312. The first-order chi connectivity index (χ1) is 10.7. The van der Waals surface area contributed by atoms with Crippen molar-refractivity contribution in [3.63, 3.8) is 0 Å². The first kappa shape index (κ1) is 14.8. The molecule has 0 N–H and O–H groups in total. The van der Waals surface area contributed by atoms with Gasteiger partial charge in [-0.25, -0.2) is 9.97 Å². The third kappa shape index (κ3) is 3.54. The van der Waals surface area contributed by atoms with Crippen LogP contribution in [0.3, 0.4) is 0 Å². The van der Waals surface area contributed by atoms with Crippen molar-refractivity contribution in [2.45, 2.75) is 18.9 Å². The van der Waals surface area contributed by atoms with E-state index in [2.05, 4.69) is 9.97 Å². The topological polar surface area (TPSA) is 55.3 Å². The highest BCUT2D eigenvalue weighted by atomic mass is 35.5. The lowest BCUT2D eigenvalue weighted by Crippen LogP contribution is -2.32. The molecular weight excluding hydrogens is 302 g/mol. The highest BCUT2D eigenvalue weighted by Gasteiger charge is 2.28. The lowest BCUT2D eigenvalue weighted by atomic mass is 10.1. The second-order valence-electron chi connectivity index (χ2n) is 5.17. The lowest BCUT2D eigenvalue weighted by Gasteiger charge is -2.17. The van der Waals surface area contributed by atoms with Gasteiger partial charge in [0, 0.05) is 30.4 Å². The summed E-state index contributed by atoms with van der Waals surface area (Å²) in [4.78, 5) is 22.2. The van der Waals surface area contributed by atoms with E-state index in [0.717, 1.165) is 12.0 Å². The van der Waals surface area contributed by atoms with Gasteiger partial charge in [0.05, 0.1) is 13.0 Å². The average Bonchev–Trinajstić information content (AvgIpc) is 2.99. The van der Waals surface area contributed by atoms with Crippen molar-refractivity contribution in [3.05, 3.63) is 53.3 Å². The molecule has 1 aromatic heterocycles. The van der Waals surface area contributed by atoms with Gasteiger partial charge in [-0.3, -0.25) is 4.79 Å². The Hall–Kier alpha value is -2.14. The van der Waals surface area contributed by atoms with Crippen molar-refractivity contribution in [1.82, 2.24) is 14.9 Å². The highest BCUT2D eigenvalue weighted by molar-refractivity contribution is 6.31. The molecule has 1 aliphatic heterocycles. The molecule has 1 aliphatic rings. The highest BCUT2D eigenvalue weighted by Crippen LogP contribution is 2.19. The molecule has 5 nitrogen and oxygen atoms in total. The third-order valence-electron chi connectivity index (χ3n) is 3.61. The van der Waals surface area contributed by atoms with E-state index >= 15 is 0 Å². The summed E-state index contributed by atoms with van der Waals surface area (Å²) in [7, 11) is 0. The van der Waals surface area contributed by atoms with E-state index in [0.29, 0.717) is 30.5 Å². The quantitative estimate of drug-likeness (QED) is 0.868. The van der Waals surface area contributed by atoms with Crippen LogP contribution in [0.1, 0.15) is 12.0 Å². The Kier molecular flexibility index (Phi) is 4.53. The van der Waals surface area contributed by atoms with E-state index in [1.807, 2.05) is 18.2 Å². The van der Waals surface area contributed by atoms with Gasteiger partial charge in [-0.05, 0) is 17.7 Å². The monoisotopic (exact) mass is 317 g/mol. The Balaban J connectivity index is 1.56. The van der Waals surface area contributed by atoms with Crippen molar-refractivity contribution in [2.75, 3.05) is 13.1 Å². The van der Waals surface area contributed by atoms with E-state index in [-0.39, 0.29) is 12.0 Å². The number of aromatic nitrogens is 2. The van der Waals surface area contributed by atoms with Gasteiger partial charge >= 0.3 is 6.01 Å². The van der Waals surface area contributed by atoms with Crippen LogP contribution in [0.2, 0.25) is 5.02 Å². The Morgan fingerprint density at radius 1 is 1.27 bits per heavy atom. The number of benzene rings is 1. The molecule has 0 saturated carbocycles. The number of carbonyl (C=O) groups is 1. The maximum atomic E-state index is 12.3. The van der Waals surface area contributed by atoms with Crippen LogP contribution in [0.15, 0.2) is 42.7 Å². The molecule has 3 rings (SSSR count). The smallest absolute Gasteiger partial charge is 0.316 e. The van der Waals surface area contributed by atoms with Crippen LogP contribution in [0, 0.1) is 0 Å². The van der Waals surface area contributed by atoms with Crippen LogP contribution in [-0.4, -0.2) is 40.0 Å². The Morgan fingerprint density at radius 3 is 2.82 bits per heavy atom. The molecule has 1 amide bonds. The molecular formula is C16H16ClN3O2. The van der Waals surface area contributed by atoms with Crippen molar-refractivity contribution in [3.8, 4) is 6.01 Å². The molecule has 2 heterocycles. The summed E-state index contributed by atoms with van der Waals surface area (Å²) in [6, 6.07) is 9.51. The van der Waals surface area contributed by atoms with Gasteiger partial charge in [-0.15, -0.1) is 0 Å². The van der Waals surface area contributed by atoms with E-state index in [1.165, 1.54) is 0 Å². The predicted molar refractivity (Wildman–Crippen MR) is 82.8 cm³/mol. The molecule has 114 valence electrons. The summed E-state index contributed by atoms with van der Waals surface area (Å²) in [5.41, 5.74) is 0.852. The molecule has 6 heteroatoms. The molecule has 2 aromatic rings. The zero-order valence-corrected chi connectivity index (χ0v) is 12.7. The number of amides is 1. The van der Waals surface area contributed by atoms with Gasteiger partial charge in [-0.2, -0.15) is 0 Å². The van der Waals surface area contributed by atoms with Gasteiger partial charge in [-0.1, -0.05) is 29.8 Å². The molecule has 0 radical (unpaired) electrons. The van der Waals surface area contributed by atoms with E-state index in [9.17, 15) is 4.79 Å². The van der Waals surface area contributed by atoms with Gasteiger partial charge in [0.25, 0.3) is 0 Å². The number of carbonyl (C=O) groups excluding carboxylic acids is 1.